The van der Waals surface area contributed by atoms with Crippen LogP contribution >= 0.6 is 11.6 Å². The smallest absolute Gasteiger partial charge is 0.291 e. The fourth-order valence-corrected chi connectivity index (χ4v) is 3.35. The molecule has 1 N–H and O–H groups in total. The molecule has 0 aliphatic carbocycles. The van der Waals surface area contributed by atoms with Gasteiger partial charge in [-0.3, -0.25) is 9.48 Å². The highest BCUT2D eigenvalue weighted by atomic mass is 35.5. The second-order valence-electron chi connectivity index (χ2n) is 7.44. The maximum Gasteiger partial charge on any atom is 0.291 e. The molecule has 6 nitrogen and oxygen atoms in total. The van der Waals surface area contributed by atoms with Gasteiger partial charge < -0.3 is 14.5 Å². The number of halogens is 2. The van der Waals surface area contributed by atoms with Crippen molar-refractivity contribution in [1.82, 2.24) is 9.78 Å². The van der Waals surface area contributed by atoms with Gasteiger partial charge in [-0.05, 0) is 60.9 Å². The lowest BCUT2D eigenvalue weighted by Gasteiger charge is -2.08. The minimum atomic E-state index is -0.401. The number of nitrogens with zero attached hydrogens (tertiary/aromatic N) is 2. The summed E-state index contributed by atoms with van der Waals surface area (Å²) < 4.78 is 26.2. The van der Waals surface area contributed by atoms with Crippen molar-refractivity contribution < 1.29 is 18.3 Å². The van der Waals surface area contributed by atoms with Gasteiger partial charge in [0, 0.05) is 11.2 Å². The van der Waals surface area contributed by atoms with E-state index in [4.69, 9.17) is 20.8 Å². The SMILES string of the molecule is Cc1ccc(C)c(OCc2ccc(C(=O)Nc3cnn(Cc4ccc(F)cc4Cl)c3)o2)c1. The van der Waals surface area contributed by atoms with Gasteiger partial charge in [0.25, 0.3) is 5.91 Å². The summed E-state index contributed by atoms with van der Waals surface area (Å²) in [6.07, 6.45) is 3.17. The minimum absolute atomic E-state index is 0.166. The van der Waals surface area contributed by atoms with Crippen molar-refractivity contribution in [1.29, 1.82) is 0 Å². The molecule has 0 aliphatic rings. The molecule has 164 valence electrons. The molecular weight excluding hydrogens is 433 g/mol. The molecule has 0 spiro atoms. The number of carbonyl (C=O) groups is 1. The molecule has 2 aromatic carbocycles. The van der Waals surface area contributed by atoms with E-state index in [1.807, 2.05) is 32.0 Å². The topological polar surface area (TPSA) is 69.3 Å². The van der Waals surface area contributed by atoms with Gasteiger partial charge in [0.05, 0.1) is 18.4 Å². The summed E-state index contributed by atoms with van der Waals surface area (Å²) in [6, 6.07) is 13.5. The van der Waals surface area contributed by atoms with Gasteiger partial charge in [-0.2, -0.15) is 5.10 Å². The molecule has 0 aliphatic heterocycles. The Morgan fingerprint density at radius 3 is 2.84 bits per heavy atom. The predicted octanol–water partition coefficient (Wildman–Crippen LogP) is 5.77. The number of rotatable bonds is 7. The van der Waals surface area contributed by atoms with E-state index in [-0.39, 0.29) is 12.4 Å². The van der Waals surface area contributed by atoms with Crippen LogP contribution < -0.4 is 10.1 Å². The van der Waals surface area contributed by atoms with Gasteiger partial charge in [0.2, 0.25) is 0 Å². The van der Waals surface area contributed by atoms with Crippen LogP contribution in [0.25, 0.3) is 0 Å². The van der Waals surface area contributed by atoms with Crippen LogP contribution in [-0.4, -0.2) is 15.7 Å². The van der Waals surface area contributed by atoms with E-state index >= 15 is 0 Å². The summed E-state index contributed by atoms with van der Waals surface area (Å²) >= 11 is 6.06. The van der Waals surface area contributed by atoms with E-state index in [2.05, 4.69) is 10.4 Å². The zero-order valence-electron chi connectivity index (χ0n) is 17.6. The number of hydrogen-bond acceptors (Lipinski definition) is 4. The third kappa shape index (κ3) is 5.18. The van der Waals surface area contributed by atoms with Crippen LogP contribution in [0.4, 0.5) is 10.1 Å². The molecule has 1 amide bonds. The van der Waals surface area contributed by atoms with E-state index in [0.29, 0.717) is 28.6 Å². The van der Waals surface area contributed by atoms with E-state index in [1.54, 1.807) is 29.1 Å². The predicted molar refractivity (Wildman–Crippen MR) is 120 cm³/mol. The zero-order chi connectivity index (χ0) is 22.7. The van der Waals surface area contributed by atoms with Crippen LogP contribution in [0.2, 0.25) is 5.02 Å². The largest absolute Gasteiger partial charge is 0.485 e. The Morgan fingerprint density at radius 1 is 1.19 bits per heavy atom. The van der Waals surface area contributed by atoms with Gasteiger partial charge in [-0.1, -0.05) is 29.8 Å². The van der Waals surface area contributed by atoms with Crippen LogP contribution in [0.15, 0.2) is 65.3 Å². The molecule has 0 bridgehead atoms. The van der Waals surface area contributed by atoms with E-state index in [0.717, 1.165) is 16.9 Å². The monoisotopic (exact) mass is 453 g/mol. The number of nitrogens with one attached hydrogen (secondary N) is 1. The highest BCUT2D eigenvalue weighted by Gasteiger charge is 2.14. The third-order valence-electron chi connectivity index (χ3n) is 4.84. The van der Waals surface area contributed by atoms with E-state index in [1.165, 1.54) is 18.3 Å². The molecule has 32 heavy (non-hydrogen) atoms. The minimum Gasteiger partial charge on any atom is -0.485 e. The summed E-state index contributed by atoms with van der Waals surface area (Å²) in [5, 5.41) is 7.26. The van der Waals surface area contributed by atoms with E-state index < -0.39 is 11.7 Å². The van der Waals surface area contributed by atoms with Crippen molar-refractivity contribution in [2.75, 3.05) is 5.32 Å². The molecule has 0 saturated heterocycles. The molecule has 0 radical (unpaired) electrons. The number of furan rings is 1. The fraction of sp³-hybridized carbons (Fsp3) is 0.167. The second kappa shape index (κ2) is 9.28. The second-order valence-corrected chi connectivity index (χ2v) is 7.85. The van der Waals surface area contributed by atoms with Crippen LogP contribution in [0.5, 0.6) is 5.75 Å². The van der Waals surface area contributed by atoms with Crippen LogP contribution in [0.3, 0.4) is 0 Å². The summed E-state index contributed by atoms with van der Waals surface area (Å²) in [5.74, 6) is 0.685. The molecule has 0 fully saturated rings. The lowest BCUT2D eigenvalue weighted by atomic mass is 10.1. The number of aromatic nitrogens is 2. The highest BCUT2D eigenvalue weighted by molar-refractivity contribution is 6.31. The normalized spacial score (nSPS) is 10.9. The average molecular weight is 454 g/mol. The van der Waals surface area contributed by atoms with Gasteiger partial charge in [0.1, 0.15) is 23.9 Å². The molecule has 2 aromatic heterocycles. The summed E-state index contributed by atoms with van der Waals surface area (Å²) in [7, 11) is 0. The quantitative estimate of drug-likeness (QED) is 0.386. The Labute approximate surface area is 189 Å². The Morgan fingerprint density at radius 2 is 2.03 bits per heavy atom. The molecule has 2 heterocycles. The van der Waals surface area contributed by atoms with Crippen molar-refractivity contribution in [3.8, 4) is 5.75 Å². The van der Waals surface area contributed by atoms with Gasteiger partial charge >= 0.3 is 0 Å². The number of aryl methyl sites for hydroxylation is 2. The first-order chi connectivity index (χ1) is 15.4. The molecule has 4 rings (SSSR count). The standard InChI is InChI=1S/C24H21ClFN3O3/c1-15-3-4-16(2)23(9-15)31-14-20-7-8-22(32-20)24(30)28-19-11-27-29(13-19)12-17-5-6-18(26)10-21(17)25/h3-11,13H,12,14H2,1-2H3,(H,28,30). The maximum atomic E-state index is 13.2. The summed E-state index contributed by atoms with van der Waals surface area (Å²) in [6.45, 7) is 4.53. The first-order valence-electron chi connectivity index (χ1n) is 9.94. The molecule has 0 unspecified atom stereocenters. The van der Waals surface area contributed by atoms with Crippen LogP contribution in [-0.2, 0) is 13.2 Å². The molecule has 0 saturated carbocycles. The number of carbonyl (C=O) groups excluding carboxylic acids is 1. The fourth-order valence-electron chi connectivity index (χ4n) is 3.12. The van der Waals surface area contributed by atoms with Crippen molar-refractivity contribution in [3.63, 3.8) is 0 Å². The Hall–Kier alpha value is -3.58. The van der Waals surface area contributed by atoms with Crippen LogP contribution in [0, 0.1) is 19.7 Å². The number of benzene rings is 2. The molecule has 8 heteroatoms. The van der Waals surface area contributed by atoms with Crippen molar-refractivity contribution in [2.45, 2.75) is 27.0 Å². The number of ether oxygens (including phenoxy) is 1. The molecular formula is C24H21ClFN3O3. The summed E-state index contributed by atoms with van der Waals surface area (Å²) in [5.41, 5.74) is 3.35. The first-order valence-corrected chi connectivity index (χ1v) is 10.3. The molecule has 0 atom stereocenters. The number of anilines is 1. The maximum absolute atomic E-state index is 13.2. The number of amides is 1. The Balaban J connectivity index is 1.35. The third-order valence-corrected chi connectivity index (χ3v) is 5.19. The lowest BCUT2D eigenvalue weighted by molar-refractivity contribution is 0.0992. The van der Waals surface area contributed by atoms with E-state index in [9.17, 15) is 9.18 Å². The summed E-state index contributed by atoms with van der Waals surface area (Å²) in [4.78, 5) is 12.5. The Bertz CT molecular complexity index is 1270. The van der Waals surface area contributed by atoms with Crippen molar-refractivity contribution in [3.05, 3.63) is 100.0 Å². The Kier molecular flexibility index (Phi) is 6.28. The van der Waals surface area contributed by atoms with Gasteiger partial charge in [0.15, 0.2) is 5.76 Å². The van der Waals surface area contributed by atoms with Crippen LogP contribution in [0.1, 0.15) is 33.0 Å². The molecule has 4 aromatic rings. The highest BCUT2D eigenvalue weighted by Crippen LogP contribution is 2.22. The first kappa shape index (κ1) is 21.6. The van der Waals surface area contributed by atoms with Gasteiger partial charge in [-0.25, -0.2) is 4.39 Å². The average Bonchev–Trinajstić information content (AvgIpc) is 3.40. The zero-order valence-corrected chi connectivity index (χ0v) is 18.3. The van der Waals surface area contributed by atoms with Crippen molar-refractivity contribution in [2.24, 2.45) is 0 Å². The lowest BCUT2D eigenvalue weighted by Crippen LogP contribution is -2.10. The van der Waals surface area contributed by atoms with Gasteiger partial charge in [-0.15, -0.1) is 0 Å². The van der Waals surface area contributed by atoms with Crippen molar-refractivity contribution >= 4 is 23.2 Å². The number of hydrogen-bond donors (Lipinski definition) is 1.